The molecule has 0 aromatic rings. The molecule has 1 aliphatic rings. The number of nitrogens with zero attached hydrogens (tertiary/aromatic N) is 1. The Labute approximate surface area is 99.8 Å². The summed E-state index contributed by atoms with van der Waals surface area (Å²) in [6.07, 6.45) is 7.82. The van der Waals surface area contributed by atoms with E-state index in [9.17, 15) is 0 Å². The van der Waals surface area contributed by atoms with Gasteiger partial charge in [-0.2, -0.15) is 0 Å². The molecule has 1 heterocycles. The Hall–Kier alpha value is -0.540. The SMILES string of the molecule is CC(C)N(C)CCCNCC1CCC=CO1. The maximum atomic E-state index is 5.49. The summed E-state index contributed by atoms with van der Waals surface area (Å²) in [6.45, 7) is 7.69. The Morgan fingerprint density at radius 2 is 2.31 bits per heavy atom. The predicted octanol–water partition coefficient (Wildman–Crippen LogP) is 2.00. The highest BCUT2D eigenvalue weighted by Gasteiger charge is 2.09. The van der Waals surface area contributed by atoms with Crippen molar-refractivity contribution in [3.63, 3.8) is 0 Å². The van der Waals surface area contributed by atoms with Gasteiger partial charge in [-0.25, -0.2) is 0 Å². The van der Waals surface area contributed by atoms with Crippen molar-refractivity contribution in [2.45, 2.75) is 45.3 Å². The van der Waals surface area contributed by atoms with Gasteiger partial charge in [0.2, 0.25) is 0 Å². The molecule has 1 atom stereocenters. The third-order valence-corrected chi connectivity index (χ3v) is 3.14. The van der Waals surface area contributed by atoms with Gasteiger partial charge < -0.3 is 15.0 Å². The molecule has 0 radical (unpaired) electrons. The first-order valence-electron chi connectivity index (χ1n) is 6.41. The summed E-state index contributed by atoms with van der Waals surface area (Å²) in [5.74, 6) is 0. The minimum Gasteiger partial charge on any atom is -0.497 e. The van der Waals surface area contributed by atoms with Gasteiger partial charge in [-0.15, -0.1) is 0 Å². The lowest BCUT2D eigenvalue weighted by molar-refractivity contribution is 0.122. The van der Waals surface area contributed by atoms with Crippen LogP contribution in [0, 0.1) is 0 Å². The Morgan fingerprint density at radius 3 is 2.94 bits per heavy atom. The zero-order valence-electron chi connectivity index (χ0n) is 10.9. The Kier molecular flexibility index (Phi) is 6.50. The number of nitrogens with one attached hydrogen (secondary N) is 1. The molecule has 1 unspecified atom stereocenters. The second-order valence-corrected chi connectivity index (χ2v) is 4.84. The number of rotatable bonds is 7. The lowest BCUT2D eigenvalue weighted by Crippen LogP contribution is -2.33. The fraction of sp³-hybridized carbons (Fsp3) is 0.846. The van der Waals surface area contributed by atoms with Crippen LogP contribution >= 0.6 is 0 Å². The summed E-state index contributed by atoms with van der Waals surface area (Å²) in [5.41, 5.74) is 0. The van der Waals surface area contributed by atoms with Crippen molar-refractivity contribution >= 4 is 0 Å². The summed E-state index contributed by atoms with van der Waals surface area (Å²) in [6, 6.07) is 0.645. The zero-order valence-corrected chi connectivity index (χ0v) is 10.9. The van der Waals surface area contributed by atoms with Crippen LogP contribution < -0.4 is 5.32 Å². The Bertz CT molecular complexity index is 204. The fourth-order valence-electron chi connectivity index (χ4n) is 1.71. The molecular formula is C13H26N2O. The lowest BCUT2D eigenvalue weighted by Gasteiger charge is -2.22. The lowest BCUT2D eigenvalue weighted by atomic mass is 10.1. The van der Waals surface area contributed by atoms with E-state index in [4.69, 9.17) is 4.74 Å². The van der Waals surface area contributed by atoms with Crippen LogP contribution in [0.3, 0.4) is 0 Å². The van der Waals surface area contributed by atoms with Gasteiger partial charge in [-0.3, -0.25) is 0 Å². The minimum atomic E-state index is 0.382. The molecule has 1 aliphatic heterocycles. The van der Waals surface area contributed by atoms with Crippen molar-refractivity contribution in [3.05, 3.63) is 12.3 Å². The molecule has 1 N–H and O–H groups in total. The maximum Gasteiger partial charge on any atom is 0.110 e. The van der Waals surface area contributed by atoms with Crippen molar-refractivity contribution in [1.29, 1.82) is 0 Å². The topological polar surface area (TPSA) is 24.5 Å². The molecule has 0 aromatic carbocycles. The van der Waals surface area contributed by atoms with Gasteiger partial charge in [-0.1, -0.05) is 0 Å². The van der Waals surface area contributed by atoms with Crippen LogP contribution in [0.25, 0.3) is 0 Å². The van der Waals surface area contributed by atoms with Gasteiger partial charge in [0.05, 0.1) is 6.26 Å². The van der Waals surface area contributed by atoms with Crippen LogP contribution in [-0.2, 0) is 4.74 Å². The number of ether oxygens (including phenoxy) is 1. The third kappa shape index (κ3) is 5.52. The molecule has 0 saturated carbocycles. The first-order chi connectivity index (χ1) is 7.70. The maximum absolute atomic E-state index is 5.49. The number of hydrogen-bond acceptors (Lipinski definition) is 3. The highest BCUT2D eigenvalue weighted by atomic mass is 16.5. The van der Waals surface area contributed by atoms with E-state index in [1.807, 2.05) is 6.26 Å². The van der Waals surface area contributed by atoms with E-state index >= 15 is 0 Å². The molecule has 3 heteroatoms. The van der Waals surface area contributed by atoms with E-state index in [1.165, 1.54) is 6.42 Å². The molecule has 0 fully saturated rings. The molecule has 1 rings (SSSR count). The highest BCUT2D eigenvalue weighted by molar-refractivity contribution is 4.82. The summed E-state index contributed by atoms with van der Waals surface area (Å²) in [7, 11) is 2.18. The van der Waals surface area contributed by atoms with Crippen molar-refractivity contribution in [2.75, 3.05) is 26.7 Å². The van der Waals surface area contributed by atoms with Crippen molar-refractivity contribution in [2.24, 2.45) is 0 Å². The molecule has 0 bridgehead atoms. The van der Waals surface area contributed by atoms with Crippen molar-refractivity contribution in [1.82, 2.24) is 10.2 Å². The van der Waals surface area contributed by atoms with E-state index in [1.54, 1.807) is 0 Å². The van der Waals surface area contributed by atoms with Crippen molar-refractivity contribution < 1.29 is 4.74 Å². The van der Waals surface area contributed by atoms with Crippen LogP contribution in [0.5, 0.6) is 0 Å². The van der Waals surface area contributed by atoms with Gasteiger partial charge >= 0.3 is 0 Å². The van der Waals surface area contributed by atoms with Gasteiger partial charge in [0, 0.05) is 12.6 Å². The first kappa shape index (κ1) is 13.5. The zero-order chi connectivity index (χ0) is 11.8. The van der Waals surface area contributed by atoms with Gasteiger partial charge in [0.25, 0.3) is 0 Å². The van der Waals surface area contributed by atoms with E-state index in [0.29, 0.717) is 12.1 Å². The normalized spacial score (nSPS) is 20.4. The first-order valence-corrected chi connectivity index (χ1v) is 6.41. The van der Waals surface area contributed by atoms with Crippen LogP contribution in [0.4, 0.5) is 0 Å². The van der Waals surface area contributed by atoms with Crippen LogP contribution in [0.1, 0.15) is 33.1 Å². The molecule has 0 aromatic heterocycles. The summed E-state index contributed by atoms with van der Waals surface area (Å²) >= 11 is 0. The molecule has 94 valence electrons. The second kappa shape index (κ2) is 7.69. The molecule has 3 nitrogen and oxygen atoms in total. The molecule has 0 saturated heterocycles. The average Bonchev–Trinajstić information content (AvgIpc) is 2.29. The van der Waals surface area contributed by atoms with Gasteiger partial charge in [0.1, 0.15) is 6.10 Å². The minimum absolute atomic E-state index is 0.382. The summed E-state index contributed by atoms with van der Waals surface area (Å²) in [5, 5.41) is 3.46. The summed E-state index contributed by atoms with van der Waals surface area (Å²) in [4.78, 5) is 2.38. The van der Waals surface area contributed by atoms with Crippen LogP contribution in [-0.4, -0.2) is 43.7 Å². The van der Waals surface area contributed by atoms with E-state index in [2.05, 4.69) is 37.2 Å². The molecule has 0 spiro atoms. The van der Waals surface area contributed by atoms with E-state index in [0.717, 1.165) is 32.5 Å². The molecular weight excluding hydrogens is 200 g/mol. The quantitative estimate of drug-likeness (QED) is 0.672. The van der Waals surface area contributed by atoms with Crippen molar-refractivity contribution in [3.8, 4) is 0 Å². The third-order valence-electron chi connectivity index (χ3n) is 3.14. The van der Waals surface area contributed by atoms with Gasteiger partial charge in [-0.05, 0) is 59.3 Å². The monoisotopic (exact) mass is 226 g/mol. The summed E-state index contributed by atoms with van der Waals surface area (Å²) < 4.78 is 5.49. The average molecular weight is 226 g/mol. The van der Waals surface area contributed by atoms with Crippen LogP contribution in [0.15, 0.2) is 12.3 Å². The van der Waals surface area contributed by atoms with Crippen LogP contribution in [0.2, 0.25) is 0 Å². The second-order valence-electron chi connectivity index (χ2n) is 4.84. The number of hydrogen-bond donors (Lipinski definition) is 1. The Balaban J connectivity index is 1.93. The smallest absolute Gasteiger partial charge is 0.110 e. The number of allylic oxidation sites excluding steroid dienone is 1. The fourth-order valence-corrected chi connectivity index (χ4v) is 1.71. The molecule has 0 aliphatic carbocycles. The molecule has 16 heavy (non-hydrogen) atoms. The Morgan fingerprint density at radius 1 is 1.50 bits per heavy atom. The van der Waals surface area contributed by atoms with E-state index in [-0.39, 0.29) is 0 Å². The molecule has 0 amide bonds. The predicted molar refractivity (Wildman–Crippen MR) is 68.5 cm³/mol. The highest BCUT2D eigenvalue weighted by Crippen LogP contribution is 2.08. The largest absolute Gasteiger partial charge is 0.497 e. The van der Waals surface area contributed by atoms with Gasteiger partial charge in [0.15, 0.2) is 0 Å². The van der Waals surface area contributed by atoms with E-state index < -0.39 is 0 Å². The standard InChI is InChI=1S/C13H26N2O/c1-12(2)15(3)9-6-8-14-11-13-7-4-5-10-16-13/h5,10,12-14H,4,6-9,11H2,1-3H3.